The van der Waals surface area contributed by atoms with Crippen molar-refractivity contribution in [1.82, 2.24) is 10.3 Å². The first kappa shape index (κ1) is 23.3. The number of aryl methyl sites for hydroxylation is 1. The summed E-state index contributed by atoms with van der Waals surface area (Å²) in [5, 5.41) is 7.62. The predicted molar refractivity (Wildman–Crippen MR) is 123 cm³/mol. The second-order valence-corrected chi connectivity index (χ2v) is 9.86. The third kappa shape index (κ3) is 5.75. The lowest BCUT2D eigenvalue weighted by Crippen LogP contribution is -2.35. The van der Waals surface area contributed by atoms with E-state index in [1.54, 1.807) is 11.3 Å². The molecule has 2 N–H and O–H groups in total. The van der Waals surface area contributed by atoms with E-state index in [2.05, 4.69) is 15.6 Å². The Kier molecular flexibility index (Phi) is 6.76. The molecule has 0 aliphatic carbocycles. The predicted octanol–water partition coefficient (Wildman–Crippen LogP) is 5.30. The molecule has 1 aliphatic heterocycles. The lowest BCUT2D eigenvalue weighted by molar-refractivity contribution is -0.137. The van der Waals surface area contributed by atoms with Crippen LogP contribution in [0.15, 0.2) is 52.7 Å². The number of thiazole rings is 1. The number of fused-ring (bicyclic) bond motifs is 1. The van der Waals surface area contributed by atoms with Crippen LogP contribution in [0.1, 0.15) is 22.6 Å². The van der Waals surface area contributed by atoms with Gasteiger partial charge in [0.15, 0.2) is 0 Å². The molecule has 2 heterocycles. The lowest BCUT2D eigenvalue weighted by atomic mass is 10.1. The van der Waals surface area contributed by atoms with Crippen LogP contribution in [-0.2, 0) is 22.2 Å². The van der Waals surface area contributed by atoms with Gasteiger partial charge in [0.1, 0.15) is 0 Å². The fraction of sp³-hybridized carbons (Fsp3) is 0.261. The molecule has 10 heteroatoms. The fourth-order valence-corrected chi connectivity index (χ4v) is 5.10. The molecule has 4 rings (SSSR count). The van der Waals surface area contributed by atoms with Crippen LogP contribution in [0.4, 0.5) is 18.9 Å². The lowest BCUT2D eigenvalue weighted by Gasteiger charge is -2.24. The van der Waals surface area contributed by atoms with Gasteiger partial charge in [0, 0.05) is 28.8 Å². The minimum absolute atomic E-state index is 0.0565. The van der Waals surface area contributed by atoms with Crippen molar-refractivity contribution >= 4 is 40.6 Å². The van der Waals surface area contributed by atoms with Gasteiger partial charge in [-0.05, 0) is 37.1 Å². The van der Waals surface area contributed by atoms with Crippen molar-refractivity contribution in [1.29, 1.82) is 0 Å². The fourth-order valence-electron chi connectivity index (χ4n) is 3.39. The Bertz CT molecular complexity index is 1180. The van der Waals surface area contributed by atoms with Crippen LogP contribution in [0.3, 0.4) is 0 Å². The maximum Gasteiger partial charge on any atom is 0.416 e. The molecule has 2 amide bonds. The van der Waals surface area contributed by atoms with Crippen LogP contribution in [0, 0.1) is 6.92 Å². The summed E-state index contributed by atoms with van der Waals surface area (Å²) in [4.78, 5) is 29.6. The van der Waals surface area contributed by atoms with Crippen LogP contribution in [0.5, 0.6) is 0 Å². The molecule has 2 aromatic carbocycles. The Morgan fingerprint density at radius 2 is 1.94 bits per heavy atom. The van der Waals surface area contributed by atoms with Crippen molar-refractivity contribution in [2.75, 3.05) is 11.9 Å². The number of amides is 2. The Labute approximate surface area is 196 Å². The Morgan fingerprint density at radius 1 is 1.18 bits per heavy atom. The molecule has 0 saturated carbocycles. The first-order valence-corrected chi connectivity index (χ1v) is 11.9. The molecule has 1 atom stereocenters. The highest BCUT2D eigenvalue weighted by molar-refractivity contribution is 8.01. The van der Waals surface area contributed by atoms with Gasteiger partial charge in [-0.1, -0.05) is 24.3 Å². The minimum atomic E-state index is -4.48. The first-order chi connectivity index (χ1) is 15.7. The number of hydrogen-bond donors (Lipinski definition) is 2. The summed E-state index contributed by atoms with van der Waals surface area (Å²) in [6.07, 6.45) is -3.91. The zero-order valence-electron chi connectivity index (χ0n) is 17.5. The summed E-state index contributed by atoms with van der Waals surface area (Å²) in [6, 6.07) is 11.2. The number of benzene rings is 2. The molecule has 5 nitrogen and oxygen atoms in total. The first-order valence-electron chi connectivity index (χ1n) is 10.2. The summed E-state index contributed by atoms with van der Waals surface area (Å²) in [5.74, 6) is -0.762. The molecule has 0 bridgehead atoms. The van der Waals surface area contributed by atoms with Crippen molar-refractivity contribution in [2.45, 2.75) is 36.1 Å². The van der Waals surface area contributed by atoms with E-state index in [0.717, 1.165) is 45.7 Å². The van der Waals surface area contributed by atoms with Crippen LogP contribution in [-0.4, -0.2) is 28.6 Å². The number of alkyl halides is 3. The van der Waals surface area contributed by atoms with Crippen molar-refractivity contribution in [2.24, 2.45) is 0 Å². The van der Waals surface area contributed by atoms with E-state index in [9.17, 15) is 22.8 Å². The molecule has 0 saturated heterocycles. The molecule has 1 aromatic heterocycles. The molecule has 1 aliphatic rings. The third-order valence-corrected chi connectivity index (χ3v) is 7.15. The maximum absolute atomic E-state index is 12.9. The average molecular weight is 492 g/mol. The van der Waals surface area contributed by atoms with Crippen LogP contribution in [0.2, 0.25) is 0 Å². The van der Waals surface area contributed by atoms with Gasteiger partial charge in [0.25, 0.3) is 0 Å². The maximum atomic E-state index is 12.9. The van der Waals surface area contributed by atoms with Gasteiger partial charge in [-0.15, -0.1) is 23.1 Å². The SMILES string of the molecule is Cc1nc(-c2ccc(CCNC(=O)C[C@@H]3Sc4ccc(C(F)(F)F)cc4NC3=O)cc2)cs1. The Morgan fingerprint density at radius 3 is 2.61 bits per heavy atom. The van der Waals surface area contributed by atoms with Crippen LogP contribution >= 0.6 is 23.1 Å². The molecular formula is C23H20F3N3O2S2. The van der Waals surface area contributed by atoms with Gasteiger partial charge in [-0.25, -0.2) is 4.98 Å². The molecule has 0 unspecified atom stereocenters. The average Bonchev–Trinajstić information content (AvgIpc) is 3.20. The summed E-state index contributed by atoms with van der Waals surface area (Å²) in [5.41, 5.74) is 2.33. The number of hydrogen-bond acceptors (Lipinski definition) is 5. The summed E-state index contributed by atoms with van der Waals surface area (Å²) in [6.45, 7) is 2.38. The number of nitrogens with zero attached hydrogens (tertiary/aromatic N) is 1. The smallest absolute Gasteiger partial charge is 0.356 e. The van der Waals surface area contributed by atoms with Gasteiger partial charge < -0.3 is 10.6 Å². The molecule has 0 radical (unpaired) electrons. The van der Waals surface area contributed by atoms with Gasteiger partial charge >= 0.3 is 6.18 Å². The number of halogens is 3. The van der Waals surface area contributed by atoms with Crippen molar-refractivity contribution in [3.8, 4) is 11.3 Å². The highest BCUT2D eigenvalue weighted by atomic mass is 32.2. The third-order valence-electron chi connectivity index (χ3n) is 5.10. The molecular weight excluding hydrogens is 471 g/mol. The summed E-state index contributed by atoms with van der Waals surface area (Å²) >= 11 is 2.70. The van der Waals surface area contributed by atoms with E-state index in [1.165, 1.54) is 6.07 Å². The summed E-state index contributed by atoms with van der Waals surface area (Å²) in [7, 11) is 0. The number of aromatic nitrogens is 1. The number of nitrogens with one attached hydrogen (secondary N) is 2. The van der Waals surface area contributed by atoms with Crippen molar-refractivity contribution in [3.63, 3.8) is 0 Å². The van der Waals surface area contributed by atoms with E-state index in [0.29, 0.717) is 17.9 Å². The molecule has 0 spiro atoms. The molecule has 172 valence electrons. The topological polar surface area (TPSA) is 71.1 Å². The number of anilines is 1. The second-order valence-electron chi connectivity index (χ2n) is 7.56. The largest absolute Gasteiger partial charge is 0.416 e. The Balaban J connectivity index is 1.27. The Hall–Kier alpha value is -2.85. The second kappa shape index (κ2) is 9.56. The van der Waals surface area contributed by atoms with E-state index in [4.69, 9.17) is 0 Å². The minimum Gasteiger partial charge on any atom is -0.356 e. The van der Waals surface area contributed by atoms with E-state index >= 15 is 0 Å². The summed E-state index contributed by atoms with van der Waals surface area (Å²) < 4.78 is 38.6. The quantitative estimate of drug-likeness (QED) is 0.491. The van der Waals surface area contributed by atoms with Gasteiger partial charge in [-0.2, -0.15) is 13.2 Å². The molecule has 3 aromatic rings. The molecule has 33 heavy (non-hydrogen) atoms. The number of carbonyl (C=O) groups is 2. The van der Waals surface area contributed by atoms with E-state index < -0.39 is 22.9 Å². The zero-order chi connectivity index (χ0) is 23.6. The molecule has 0 fully saturated rings. The number of thioether (sulfide) groups is 1. The van der Waals surface area contributed by atoms with Crippen LogP contribution < -0.4 is 10.6 Å². The standard InChI is InChI=1S/C23H20F3N3O2S2/c1-13-28-18(12-32-13)15-4-2-14(3-5-15)8-9-27-21(30)11-20-22(31)29-17-10-16(23(24,25)26)6-7-19(17)33-20/h2-7,10,12,20H,8-9,11H2,1H3,(H,27,30)(H,29,31)/t20-/m0/s1. The van der Waals surface area contributed by atoms with E-state index in [-0.39, 0.29) is 18.0 Å². The normalized spacial score (nSPS) is 15.6. The monoisotopic (exact) mass is 491 g/mol. The zero-order valence-corrected chi connectivity index (χ0v) is 19.2. The van der Waals surface area contributed by atoms with Gasteiger partial charge in [-0.3, -0.25) is 9.59 Å². The van der Waals surface area contributed by atoms with Crippen LogP contribution in [0.25, 0.3) is 11.3 Å². The number of carbonyl (C=O) groups excluding carboxylic acids is 2. The number of rotatable bonds is 6. The van der Waals surface area contributed by atoms with Gasteiger partial charge in [0.05, 0.1) is 27.2 Å². The van der Waals surface area contributed by atoms with Gasteiger partial charge in [0.2, 0.25) is 11.8 Å². The highest BCUT2D eigenvalue weighted by Gasteiger charge is 2.34. The van der Waals surface area contributed by atoms with Crippen molar-refractivity contribution < 1.29 is 22.8 Å². The van der Waals surface area contributed by atoms with Crippen molar-refractivity contribution in [3.05, 3.63) is 64.0 Å². The van der Waals surface area contributed by atoms with E-state index in [1.807, 2.05) is 36.6 Å². The highest BCUT2D eigenvalue weighted by Crippen LogP contribution is 2.40.